The molecule has 0 aromatic heterocycles. The van der Waals surface area contributed by atoms with Crippen LogP contribution in [0.25, 0.3) is 0 Å². The first-order chi connectivity index (χ1) is 68.9. The number of benzene rings is 1. The maximum atomic E-state index is 14.6. The van der Waals surface area contributed by atoms with E-state index >= 15 is 0 Å². The molecule has 2 aliphatic heterocycles. The first-order valence-electron chi connectivity index (χ1n) is 47.6. The third-order valence-corrected chi connectivity index (χ3v) is 23.5. The van der Waals surface area contributed by atoms with Crippen molar-refractivity contribution in [1.82, 2.24) is 106 Å². The highest BCUT2D eigenvalue weighted by Gasteiger charge is 2.46. The number of rotatable bonds is 65. The van der Waals surface area contributed by atoms with Crippen LogP contribution in [0.1, 0.15) is 178 Å². The molecular weight excluding hydrogens is 1970 g/mol. The van der Waals surface area contributed by atoms with Crippen molar-refractivity contribution in [2.75, 3.05) is 45.1 Å². The molecule has 822 valence electrons. The van der Waals surface area contributed by atoms with Crippen molar-refractivity contribution in [3.63, 3.8) is 0 Å². The molecule has 58 heteroatoms. The Hall–Kier alpha value is -14.1. The zero-order valence-electron chi connectivity index (χ0n) is 83.1. The van der Waals surface area contributed by atoms with Gasteiger partial charge in [0.1, 0.15) is 109 Å². The van der Waals surface area contributed by atoms with Gasteiger partial charge in [-0.1, -0.05) is 58.0 Å². The molecule has 0 aliphatic carbocycles. The van der Waals surface area contributed by atoms with Crippen molar-refractivity contribution in [2.45, 2.75) is 311 Å². The van der Waals surface area contributed by atoms with E-state index in [1.165, 1.54) is 13.8 Å². The van der Waals surface area contributed by atoms with Gasteiger partial charge in [0.25, 0.3) is 0 Å². The Morgan fingerprint density at radius 3 is 1.29 bits per heavy atom. The number of unbranched alkanes of at least 4 members (excludes halogenated alkanes) is 1. The summed E-state index contributed by atoms with van der Waals surface area (Å²) < 4.78 is 0. The van der Waals surface area contributed by atoms with Crippen LogP contribution in [0.15, 0.2) is 30.3 Å². The first kappa shape index (κ1) is 127. The van der Waals surface area contributed by atoms with E-state index in [0.29, 0.717) is 18.4 Å². The Kier molecular flexibility index (Phi) is 54.7. The highest BCUT2D eigenvalue weighted by molar-refractivity contribution is 7.80. The third-order valence-electron chi connectivity index (χ3n) is 23.1. The number of nitrogens with two attached hydrogens (primary N) is 3. The van der Waals surface area contributed by atoms with E-state index in [1.807, 2.05) is 0 Å². The van der Waals surface area contributed by atoms with E-state index in [0.717, 1.165) is 51.3 Å². The van der Waals surface area contributed by atoms with Gasteiger partial charge < -0.3 is 169 Å². The van der Waals surface area contributed by atoms with Crippen LogP contribution in [0, 0.1) is 17.2 Å². The summed E-state index contributed by atoms with van der Waals surface area (Å²) in [4.78, 5) is 325. The molecular formula is C89H142N24O33S. The van der Waals surface area contributed by atoms with Crippen molar-refractivity contribution in [2.24, 2.45) is 29.0 Å². The van der Waals surface area contributed by atoms with E-state index in [-0.39, 0.29) is 95.6 Å². The third kappa shape index (κ3) is 44.0. The molecule has 22 atom stereocenters. The summed E-state index contributed by atoms with van der Waals surface area (Å²) in [6.45, 7) is 10.2. The summed E-state index contributed by atoms with van der Waals surface area (Å²) in [5.41, 5.74) is 17.2. The molecule has 2 saturated heterocycles. The molecule has 19 amide bonds. The summed E-state index contributed by atoms with van der Waals surface area (Å²) in [5, 5.41) is 141. The minimum atomic E-state index is -2.09. The Morgan fingerprint density at radius 1 is 0.408 bits per heavy atom. The van der Waals surface area contributed by atoms with Crippen molar-refractivity contribution in [3.05, 3.63) is 35.9 Å². The van der Waals surface area contributed by atoms with Crippen LogP contribution < -0.4 is 113 Å². The number of aliphatic hydroxyl groups excluding tert-OH is 4. The number of hydrogen-bond acceptors (Lipinski definition) is 32. The molecule has 57 nitrogen and oxygen atoms in total. The number of aliphatic hydroxyl groups is 4. The topological polar surface area (TPSA) is 917 Å². The lowest BCUT2D eigenvalue weighted by Gasteiger charge is -2.32. The fourth-order valence-corrected chi connectivity index (χ4v) is 15.2. The quantitative estimate of drug-likeness (QED) is 0.0125. The predicted octanol–water partition coefficient (Wildman–Crippen LogP) is -11.6. The van der Waals surface area contributed by atoms with Gasteiger partial charge in [0.2, 0.25) is 112 Å². The number of thiol groups is 1. The smallest absolute Gasteiger partial charge is 0.326 e. The summed E-state index contributed by atoms with van der Waals surface area (Å²) in [5.74, 6) is -30.7. The van der Waals surface area contributed by atoms with Crippen LogP contribution in [0.3, 0.4) is 0 Å². The number of carboxylic acid groups (broad SMARTS) is 5. The number of carbonyl (C=O) groups is 24. The van der Waals surface area contributed by atoms with E-state index in [4.69, 9.17) is 22.6 Å². The normalized spacial score (nSPS) is 17.3. The van der Waals surface area contributed by atoms with Gasteiger partial charge in [-0.3, -0.25) is 116 Å². The number of hydrogen-bond donors (Lipinski definition) is 32. The second-order valence-electron chi connectivity index (χ2n) is 36.3. The molecule has 34 N–H and O–H groups in total. The lowest BCUT2D eigenvalue weighted by molar-refractivity contribution is -0.146. The first-order valence-corrected chi connectivity index (χ1v) is 48.2. The molecule has 2 aliphatic rings. The lowest BCUT2D eigenvalue weighted by Crippen LogP contribution is -2.63. The summed E-state index contributed by atoms with van der Waals surface area (Å²) >= 11 is 3.95. The number of carbonyl (C=O) groups excluding carboxylic acids is 19. The number of carboxylic acids is 5. The largest absolute Gasteiger partial charge is 0.481 e. The molecule has 0 spiro atoms. The number of nitrogens with zero attached hydrogens (tertiary/aromatic N) is 2. The average molecular weight is 2110 g/mol. The van der Waals surface area contributed by atoms with Crippen LogP contribution in [-0.4, -0.2) is 382 Å². The number of aliphatic carboxylic acids is 5. The van der Waals surface area contributed by atoms with Gasteiger partial charge in [-0.2, -0.15) is 12.6 Å². The second kappa shape index (κ2) is 63.3. The van der Waals surface area contributed by atoms with E-state index in [2.05, 4.69) is 108 Å². The highest BCUT2D eigenvalue weighted by Crippen LogP contribution is 2.24. The minimum Gasteiger partial charge on any atom is -0.481 e. The van der Waals surface area contributed by atoms with Crippen molar-refractivity contribution in [1.29, 1.82) is 5.41 Å². The van der Waals surface area contributed by atoms with E-state index in [9.17, 15) is 161 Å². The molecule has 0 unspecified atom stereocenters. The molecule has 0 bridgehead atoms. The number of amides is 19. The molecule has 147 heavy (non-hydrogen) atoms. The number of nitrogens with one attached hydrogen (secondary N) is 19. The SMILES string of the molecule is CC(C)C[C@H](NC(=O)[C@H](CCCCN)NC(=O)CNC(=O)[C@H](CC(=O)O)NC(=O)[C@H](C)NC(=O)[C@@H](NC(=O)[C@@H]1CCCN1C(=O)[C@@H](NC(=O)[C@@H](NC(=O)[C@H](C)NC(=O)[C@@H]1CCCN1C(=O)[C@H](CC(=O)O)NC(=O)[C@H](CO)NC(=O)[C@H](CCCNC(=N)N)NC(=O)[C@@H](NC(=O)[C@H](Cc1ccccc1)NC(=O)[C@H](CCC(=O)O)NC(=O)[C@H](C)NC(=O)[C@H](CCC(=O)O)NC(=O)[C@@H](N)CS)C(C)C)[C@@H](C)O)[C@@H](C)O)[C@@H](C)O)C(=O)O. The minimum absolute atomic E-state index is 0.000195. The van der Waals surface area contributed by atoms with E-state index < -0.39 is 339 Å². The second-order valence-corrected chi connectivity index (χ2v) is 36.6. The van der Waals surface area contributed by atoms with Crippen LogP contribution in [0.5, 0.6) is 0 Å². The summed E-state index contributed by atoms with van der Waals surface area (Å²) in [7, 11) is 0. The van der Waals surface area contributed by atoms with Crippen molar-refractivity contribution in [3.8, 4) is 0 Å². The molecule has 3 rings (SSSR count). The fourth-order valence-electron chi connectivity index (χ4n) is 15.0. The average Bonchev–Trinajstić information content (AvgIpc) is 1.71. The molecule has 2 fully saturated rings. The monoisotopic (exact) mass is 2110 g/mol. The van der Waals surface area contributed by atoms with Gasteiger partial charge in [0.15, 0.2) is 5.96 Å². The zero-order chi connectivity index (χ0) is 111. The summed E-state index contributed by atoms with van der Waals surface area (Å²) in [6.07, 6.45) is -10.3. The number of likely N-dealkylation sites (tertiary alicyclic amines) is 2. The van der Waals surface area contributed by atoms with Gasteiger partial charge >= 0.3 is 29.8 Å². The molecule has 0 radical (unpaired) electrons. The van der Waals surface area contributed by atoms with Gasteiger partial charge in [0, 0.05) is 44.6 Å². The lowest BCUT2D eigenvalue weighted by atomic mass is 9.99. The Morgan fingerprint density at radius 2 is 0.803 bits per heavy atom. The van der Waals surface area contributed by atoms with Gasteiger partial charge in [-0.25, -0.2) is 4.79 Å². The van der Waals surface area contributed by atoms with Crippen molar-refractivity contribution < 1.29 is 161 Å². The Balaban J connectivity index is 1.79. The maximum Gasteiger partial charge on any atom is 0.326 e. The van der Waals surface area contributed by atoms with Gasteiger partial charge in [-0.15, -0.1) is 0 Å². The standard InChI is InChI=1S/C89H142N24O33S/c1-40(2)33-57(88(145)146)106-76(133)50(21-14-15-29-90)99-61(118)37-95-74(131)55(35-64(123)124)103-71(128)43(6)98-84(141)67(45(8)115)110-82(139)60-24-18-32-113(60)87(144)69(47(10)117)111-85(142)68(46(9)116)109-72(129)44(7)97-81(138)59-23-17-31-112(59)86(143)56(36-65(125)126)105-80(137)58(38-114)107-77(134)51(22-16-30-94-89(92)93)102-83(140)66(41(3)4)108-79(136)54(34-48-19-12-11-13-20-48)104-78(135)53(26-28-63(121)122)100-70(127)42(5)96-75(132)52(25-27-62(119)120)101-73(130)49(91)39-147/h11-13,19-20,40-47,49-60,66-69,114-117,147H,14-18,21-39,90-91H2,1-10H3,(H,95,131)(H,96,132)(H,97,138)(H,98,141)(H,99,118)(H,100,127)(H,101,130)(H,102,140)(H,103,128)(H,104,135)(H,105,137)(H,106,133)(H,107,134)(H,108,136)(H,109,129)(H,110,139)(H,111,142)(H,119,120)(H,121,122)(H,123,124)(H,125,126)(H,145,146)(H4,92,93,94)/t42-,43-,44-,45+,46+,47+,49-,50-,51-,52-,53-,54-,55-,56-,57-,58-,59-,60-,66-,67-,68-,69-/m0/s1. The van der Waals surface area contributed by atoms with Crippen LogP contribution >= 0.6 is 12.6 Å². The summed E-state index contributed by atoms with van der Waals surface area (Å²) in [6, 6.07) is -24.2. The van der Waals surface area contributed by atoms with Crippen LogP contribution in [0.4, 0.5) is 0 Å². The molecule has 1 aromatic rings. The number of guanidine groups is 1. The zero-order valence-corrected chi connectivity index (χ0v) is 84.0. The maximum absolute atomic E-state index is 14.6. The molecule has 2 heterocycles. The fraction of sp³-hybridized carbons (Fsp3) is 0.652. The van der Waals surface area contributed by atoms with Crippen molar-refractivity contribution >= 4 is 161 Å². The van der Waals surface area contributed by atoms with Gasteiger partial charge in [0.05, 0.1) is 50.3 Å². The highest BCUT2D eigenvalue weighted by atomic mass is 32.1. The molecule has 1 aromatic carbocycles. The van der Waals surface area contributed by atoms with Crippen LogP contribution in [-0.2, 0) is 121 Å². The Bertz CT molecular complexity index is 4790. The Labute approximate surface area is 850 Å². The van der Waals surface area contributed by atoms with Gasteiger partial charge in [-0.05, 0) is 143 Å². The predicted molar refractivity (Wildman–Crippen MR) is 517 cm³/mol. The van der Waals surface area contributed by atoms with Crippen LogP contribution in [0.2, 0.25) is 0 Å². The molecule has 0 saturated carbocycles. The van der Waals surface area contributed by atoms with E-state index in [1.54, 1.807) is 44.2 Å².